The summed E-state index contributed by atoms with van der Waals surface area (Å²) in [5.41, 5.74) is -1.23. The van der Waals surface area contributed by atoms with Crippen LogP contribution in [-0.2, 0) is 4.74 Å². The second kappa shape index (κ2) is 7.88. The average molecular weight is 295 g/mol. The van der Waals surface area contributed by atoms with Crippen LogP contribution in [0.1, 0.15) is 41.8 Å². The van der Waals surface area contributed by atoms with Crippen LogP contribution in [-0.4, -0.2) is 24.6 Å². The highest BCUT2D eigenvalue weighted by Gasteiger charge is 2.14. The van der Waals surface area contributed by atoms with Crippen LogP contribution in [0.25, 0.3) is 0 Å². The molecule has 0 aliphatic carbocycles. The number of amides is 1. The first-order valence-corrected chi connectivity index (χ1v) is 6.31. The van der Waals surface area contributed by atoms with Crippen molar-refractivity contribution in [1.29, 1.82) is 0 Å². The molecule has 0 fully saturated rings. The van der Waals surface area contributed by atoms with Crippen LogP contribution in [0.5, 0.6) is 5.75 Å². The van der Waals surface area contributed by atoms with Crippen molar-refractivity contribution in [3.63, 3.8) is 0 Å². The highest BCUT2D eigenvalue weighted by Crippen LogP contribution is 2.23. The number of carbonyl (C=O) groups excluding carboxylic acids is 2. The van der Waals surface area contributed by atoms with E-state index in [2.05, 4.69) is 10.1 Å². The minimum absolute atomic E-state index is 0.132. The van der Waals surface area contributed by atoms with Crippen molar-refractivity contribution in [2.75, 3.05) is 7.11 Å². The quantitative estimate of drug-likeness (QED) is 0.776. The van der Waals surface area contributed by atoms with Crippen molar-refractivity contribution < 1.29 is 23.8 Å². The Morgan fingerprint density at radius 1 is 1.57 bits per heavy atom. The van der Waals surface area contributed by atoms with Crippen LogP contribution in [0.15, 0.2) is 27.6 Å². The Balaban J connectivity index is 2.60. The van der Waals surface area contributed by atoms with E-state index < -0.39 is 11.7 Å². The molecule has 114 valence electrons. The summed E-state index contributed by atoms with van der Waals surface area (Å²) in [6, 6.07) is 1.27. The molecule has 7 heteroatoms. The summed E-state index contributed by atoms with van der Waals surface area (Å²) < 4.78 is 9.38. The van der Waals surface area contributed by atoms with Crippen LogP contribution in [0.2, 0.25) is 0 Å². The number of hydrogen-bond acceptors (Lipinski definition) is 6. The number of aldehydes is 1. The molecule has 0 aliphatic heterocycles. The Labute approximate surface area is 121 Å². The largest absolute Gasteiger partial charge is 0.507 e. The van der Waals surface area contributed by atoms with E-state index in [4.69, 9.17) is 4.42 Å². The first kappa shape index (κ1) is 16.5. The summed E-state index contributed by atoms with van der Waals surface area (Å²) in [5.74, 6) is -0.212. The molecule has 0 saturated carbocycles. The predicted octanol–water partition coefficient (Wildman–Crippen LogP) is 1.91. The van der Waals surface area contributed by atoms with Gasteiger partial charge in [-0.2, -0.15) is 0 Å². The van der Waals surface area contributed by atoms with E-state index in [1.807, 2.05) is 6.92 Å². The minimum Gasteiger partial charge on any atom is -0.507 e. The first-order valence-electron chi connectivity index (χ1n) is 6.31. The average Bonchev–Trinajstić information content (AvgIpc) is 2.45. The Morgan fingerprint density at radius 2 is 2.29 bits per heavy atom. The van der Waals surface area contributed by atoms with Gasteiger partial charge in [0.2, 0.25) is 0 Å². The van der Waals surface area contributed by atoms with Gasteiger partial charge in [0.1, 0.15) is 17.1 Å². The molecule has 0 aromatic carbocycles. The fourth-order valence-electron chi connectivity index (χ4n) is 1.62. The lowest BCUT2D eigenvalue weighted by molar-refractivity contribution is 0.111. The Bertz CT molecular complexity index is 590. The van der Waals surface area contributed by atoms with E-state index >= 15 is 0 Å². The second-order valence-corrected chi connectivity index (χ2v) is 4.37. The third kappa shape index (κ3) is 4.79. The SMILES string of the molecule is COC(=O)N/C=C/CCC(C)c1cc(O)c(C=O)c(=O)o1. The summed E-state index contributed by atoms with van der Waals surface area (Å²) in [7, 11) is 1.27. The molecule has 1 heterocycles. The highest BCUT2D eigenvalue weighted by atomic mass is 16.5. The molecular formula is C14H17NO6. The number of allylic oxidation sites excluding steroid dienone is 1. The minimum atomic E-state index is -0.852. The smallest absolute Gasteiger partial charge is 0.410 e. The molecule has 1 aromatic rings. The molecule has 0 saturated heterocycles. The lowest BCUT2D eigenvalue weighted by Crippen LogP contribution is -2.16. The van der Waals surface area contributed by atoms with Gasteiger partial charge in [-0.1, -0.05) is 13.0 Å². The van der Waals surface area contributed by atoms with E-state index in [0.29, 0.717) is 18.6 Å². The van der Waals surface area contributed by atoms with Crippen molar-refractivity contribution in [1.82, 2.24) is 5.32 Å². The number of hydrogen-bond donors (Lipinski definition) is 2. The van der Waals surface area contributed by atoms with Gasteiger partial charge in [-0.25, -0.2) is 9.59 Å². The first-order chi connectivity index (χ1) is 9.99. The van der Waals surface area contributed by atoms with Crippen molar-refractivity contribution in [3.8, 4) is 5.75 Å². The fourth-order valence-corrected chi connectivity index (χ4v) is 1.62. The van der Waals surface area contributed by atoms with Crippen LogP contribution < -0.4 is 10.9 Å². The van der Waals surface area contributed by atoms with Gasteiger partial charge in [-0.3, -0.25) is 10.1 Å². The van der Waals surface area contributed by atoms with E-state index in [9.17, 15) is 19.5 Å². The van der Waals surface area contributed by atoms with E-state index in [1.54, 1.807) is 6.08 Å². The van der Waals surface area contributed by atoms with Gasteiger partial charge in [0.25, 0.3) is 0 Å². The van der Waals surface area contributed by atoms with Crippen molar-refractivity contribution in [2.24, 2.45) is 0 Å². The zero-order valence-electron chi connectivity index (χ0n) is 11.8. The zero-order valence-corrected chi connectivity index (χ0v) is 11.8. The van der Waals surface area contributed by atoms with Gasteiger partial charge in [-0.05, 0) is 12.8 Å². The van der Waals surface area contributed by atoms with Gasteiger partial charge >= 0.3 is 11.7 Å². The molecule has 21 heavy (non-hydrogen) atoms. The summed E-state index contributed by atoms with van der Waals surface area (Å²) in [4.78, 5) is 32.8. The van der Waals surface area contributed by atoms with E-state index in [1.165, 1.54) is 19.4 Å². The summed E-state index contributed by atoms with van der Waals surface area (Å²) in [6.07, 6.45) is 4.14. The summed E-state index contributed by atoms with van der Waals surface area (Å²) >= 11 is 0. The van der Waals surface area contributed by atoms with E-state index in [0.717, 1.165) is 0 Å². The molecule has 1 unspecified atom stereocenters. The van der Waals surface area contributed by atoms with Crippen molar-refractivity contribution in [3.05, 3.63) is 40.1 Å². The number of rotatable bonds is 6. The summed E-state index contributed by atoms with van der Waals surface area (Å²) in [5, 5.41) is 11.9. The molecule has 2 N–H and O–H groups in total. The van der Waals surface area contributed by atoms with Crippen LogP contribution in [0.3, 0.4) is 0 Å². The predicted molar refractivity (Wildman–Crippen MR) is 74.4 cm³/mol. The molecule has 1 atom stereocenters. The van der Waals surface area contributed by atoms with Gasteiger partial charge in [0.15, 0.2) is 6.29 Å². The Morgan fingerprint density at radius 3 is 2.86 bits per heavy atom. The van der Waals surface area contributed by atoms with Gasteiger partial charge in [0, 0.05) is 18.2 Å². The van der Waals surface area contributed by atoms with E-state index in [-0.39, 0.29) is 23.5 Å². The Hall–Kier alpha value is -2.57. The molecule has 0 radical (unpaired) electrons. The number of methoxy groups -OCH3 is 1. The third-order valence-electron chi connectivity index (χ3n) is 2.86. The Kier molecular flexibility index (Phi) is 6.19. The topological polar surface area (TPSA) is 106 Å². The molecule has 1 aromatic heterocycles. The lowest BCUT2D eigenvalue weighted by Gasteiger charge is -2.09. The third-order valence-corrected chi connectivity index (χ3v) is 2.86. The number of alkyl carbamates (subject to hydrolysis) is 1. The summed E-state index contributed by atoms with van der Waals surface area (Å²) in [6.45, 7) is 1.82. The number of aromatic hydroxyl groups is 1. The standard InChI is InChI=1S/C14H17NO6/c1-9(5-3-4-6-15-14(19)20-2)12-7-11(17)10(8-16)13(18)21-12/h4,6-9,17H,3,5H2,1-2H3,(H,15,19)/b6-4+. The second-order valence-electron chi connectivity index (χ2n) is 4.37. The molecule has 1 amide bonds. The maximum Gasteiger partial charge on any atom is 0.410 e. The maximum atomic E-state index is 11.4. The number of carbonyl (C=O) groups is 2. The van der Waals surface area contributed by atoms with Gasteiger partial charge < -0.3 is 14.3 Å². The van der Waals surface area contributed by atoms with Crippen LogP contribution in [0.4, 0.5) is 4.79 Å². The van der Waals surface area contributed by atoms with Crippen molar-refractivity contribution in [2.45, 2.75) is 25.7 Å². The fraction of sp³-hybridized carbons (Fsp3) is 0.357. The van der Waals surface area contributed by atoms with Gasteiger partial charge in [0.05, 0.1) is 7.11 Å². The molecule has 0 aliphatic rings. The molecule has 0 bridgehead atoms. The molecule has 1 rings (SSSR count). The van der Waals surface area contributed by atoms with Crippen LogP contribution >= 0.6 is 0 Å². The normalized spacial score (nSPS) is 12.1. The number of ether oxygens (including phenoxy) is 1. The maximum absolute atomic E-state index is 11.4. The zero-order chi connectivity index (χ0) is 15.8. The highest BCUT2D eigenvalue weighted by molar-refractivity contribution is 5.78. The molecular weight excluding hydrogens is 278 g/mol. The van der Waals surface area contributed by atoms with Gasteiger partial charge in [-0.15, -0.1) is 0 Å². The lowest BCUT2D eigenvalue weighted by atomic mass is 10.0. The molecule has 0 spiro atoms. The number of nitrogens with one attached hydrogen (secondary N) is 1. The monoisotopic (exact) mass is 295 g/mol. The van der Waals surface area contributed by atoms with Crippen LogP contribution in [0, 0.1) is 0 Å². The van der Waals surface area contributed by atoms with Crippen molar-refractivity contribution >= 4 is 12.4 Å². The molecule has 7 nitrogen and oxygen atoms in total.